The van der Waals surface area contributed by atoms with E-state index < -0.39 is 0 Å². The highest BCUT2D eigenvalue weighted by molar-refractivity contribution is 5.39. The molecular formula is C15H26N2. The van der Waals surface area contributed by atoms with Gasteiger partial charge in [-0.2, -0.15) is 0 Å². The maximum Gasteiger partial charge on any atom is 0.0314 e. The van der Waals surface area contributed by atoms with E-state index in [9.17, 15) is 0 Å². The van der Waals surface area contributed by atoms with Gasteiger partial charge in [0.05, 0.1) is 0 Å². The van der Waals surface area contributed by atoms with E-state index in [2.05, 4.69) is 51.7 Å². The summed E-state index contributed by atoms with van der Waals surface area (Å²) >= 11 is 0. The zero-order valence-corrected chi connectivity index (χ0v) is 11.8. The standard InChI is InChI=1S/C15H26N2/c1-11(2)17(12(3)4)13(5)10-14-6-8-15(16)9-7-14/h6-9,11-13H,10,16H2,1-5H3. The topological polar surface area (TPSA) is 29.3 Å². The molecule has 0 aliphatic rings. The fourth-order valence-electron chi connectivity index (χ4n) is 2.71. The van der Waals surface area contributed by atoms with Crippen LogP contribution in [0, 0.1) is 0 Å². The molecule has 2 nitrogen and oxygen atoms in total. The van der Waals surface area contributed by atoms with Gasteiger partial charge in [0, 0.05) is 23.8 Å². The molecule has 1 rings (SSSR count). The molecule has 0 saturated carbocycles. The monoisotopic (exact) mass is 234 g/mol. The van der Waals surface area contributed by atoms with E-state index in [1.165, 1.54) is 5.56 Å². The summed E-state index contributed by atoms with van der Waals surface area (Å²) in [5.74, 6) is 0. The third-order valence-electron chi connectivity index (χ3n) is 3.21. The number of anilines is 1. The van der Waals surface area contributed by atoms with Crippen molar-refractivity contribution >= 4 is 5.69 Å². The molecule has 0 aliphatic carbocycles. The van der Waals surface area contributed by atoms with Crippen LogP contribution in [0.4, 0.5) is 5.69 Å². The summed E-state index contributed by atoms with van der Waals surface area (Å²) in [5.41, 5.74) is 7.90. The van der Waals surface area contributed by atoms with E-state index in [-0.39, 0.29) is 0 Å². The van der Waals surface area contributed by atoms with Crippen LogP contribution in [0.3, 0.4) is 0 Å². The number of hydrogen-bond donors (Lipinski definition) is 1. The second-order valence-corrected chi connectivity index (χ2v) is 5.43. The minimum atomic E-state index is 0.554. The molecule has 1 aromatic rings. The summed E-state index contributed by atoms with van der Waals surface area (Å²) < 4.78 is 0. The maximum absolute atomic E-state index is 5.70. The first kappa shape index (κ1) is 14.0. The van der Waals surface area contributed by atoms with Crippen LogP contribution in [0.1, 0.15) is 40.2 Å². The van der Waals surface area contributed by atoms with Gasteiger partial charge in [-0.25, -0.2) is 0 Å². The van der Waals surface area contributed by atoms with Crippen LogP contribution in [0.2, 0.25) is 0 Å². The van der Waals surface area contributed by atoms with E-state index in [0.717, 1.165) is 12.1 Å². The molecule has 1 unspecified atom stereocenters. The Bertz CT molecular complexity index is 319. The second kappa shape index (κ2) is 6.06. The quantitative estimate of drug-likeness (QED) is 0.792. The van der Waals surface area contributed by atoms with Crippen molar-refractivity contribution in [3.05, 3.63) is 29.8 Å². The maximum atomic E-state index is 5.70. The molecular weight excluding hydrogens is 208 g/mol. The predicted molar refractivity (Wildman–Crippen MR) is 76.1 cm³/mol. The normalized spacial score (nSPS) is 13.6. The molecule has 0 aromatic heterocycles. The predicted octanol–water partition coefficient (Wildman–Crippen LogP) is 3.32. The Morgan fingerprint density at radius 3 is 1.82 bits per heavy atom. The number of nitrogen functional groups attached to an aromatic ring is 1. The SMILES string of the molecule is CC(C)N(C(C)C)C(C)Cc1ccc(N)cc1. The highest BCUT2D eigenvalue weighted by atomic mass is 15.2. The lowest BCUT2D eigenvalue weighted by molar-refractivity contribution is 0.122. The lowest BCUT2D eigenvalue weighted by atomic mass is 10.0. The molecule has 2 heteroatoms. The van der Waals surface area contributed by atoms with Gasteiger partial charge >= 0.3 is 0 Å². The van der Waals surface area contributed by atoms with Gasteiger partial charge in [-0.05, 0) is 58.7 Å². The van der Waals surface area contributed by atoms with E-state index in [0.29, 0.717) is 18.1 Å². The van der Waals surface area contributed by atoms with E-state index in [1.807, 2.05) is 12.1 Å². The van der Waals surface area contributed by atoms with Crippen LogP contribution in [-0.4, -0.2) is 23.0 Å². The van der Waals surface area contributed by atoms with Gasteiger partial charge in [-0.1, -0.05) is 12.1 Å². The van der Waals surface area contributed by atoms with Gasteiger partial charge in [-0.15, -0.1) is 0 Å². The largest absolute Gasteiger partial charge is 0.399 e. The zero-order chi connectivity index (χ0) is 13.0. The molecule has 17 heavy (non-hydrogen) atoms. The van der Waals surface area contributed by atoms with Gasteiger partial charge in [0.25, 0.3) is 0 Å². The third kappa shape index (κ3) is 4.04. The Morgan fingerprint density at radius 1 is 0.941 bits per heavy atom. The molecule has 0 fully saturated rings. The Balaban J connectivity index is 2.69. The number of nitrogens with two attached hydrogens (primary N) is 1. The Kier molecular flexibility index (Phi) is 5.01. The molecule has 0 amide bonds. The summed E-state index contributed by atoms with van der Waals surface area (Å²) in [5, 5.41) is 0. The smallest absolute Gasteiger partial charge is 0.0314 e. The van der Waals surface area contributed by atoms with Crippen molar-refractivity contribution in [1.29, 1.82) is 0 Å². The third-order valence-corrected chi connectivity index (χ3v) is 3.21. The van der Waals surface area contributed by atoms with Crippen molar-refractivity contribution in [3.8, 4) is 0 Å². The van der Waals surface area contributed by atoms with Crippen molar-refractivity contribution in [2.45, 2.75) is 59.2 Å². The highest BCUT2D eigenvalue weighted by Gasteiger charge is 2.20. The summed E-state index contributed by atoms with van der Waals surface area (Å²) in [6.07, 6.45) is 1.08. The molecule has 2 N–H and O–H groups in total. The first-order valence-electron chi connectivity index (χ1n) is 6.53. The number of hydrogen-bond acceptors (Lipinski definition) is 2. The van der Waals surface area contributed by atoms with Crippen molar-refractivity contribution in [2.75, 3.05) is 5.73 Å². The van der Waals surface area contributed by atoms with E-state index in [1.54, 1.807) is 0 Å². The summed E-state index contributed by atoms with van der Waals surface area (Å²) in [6.45, 7) is 11.4. The van der Waals surface area contributed by atoms with Crippen molar-refractivity contribution in [2.24, 2.45) is 0 Å². The Morgan fingerprint density at radius 2 is 1.41 bits per heavy atom. The summed E-state index contributed by atoms with van der Waals surface area (Å²) in [7, 11) is 0. The van der Waals surface area contributed by atoms with Crippen molar-refractivity contribution < 1.29 is 0 Å². The van der Waals surface area contributed by atoms with Gasteiger partial charge < -0.3 is 5.73 Å². The average molecular weight is 234 g/mol. The first-order chi connectivity index (χ1) is 7.91. The molecule has 1 aromatic carbocycles. The van der Waals surface area contributed by atoms with E-state index >= 15 is 0 Å². The molecule has 1 atom stereocenters. The minimum Gasteiger partial charge on any atom is -0.399 e. The fraction of sp³-hybridized carbons (Fsp3) is 0.600. The van der Waals surface area contributed by atoms with Crippen LogP contribution >= 0.6 is 0 Å². The lowest BCUT2D eigenvalue weighted by Crippen LogP contribution is -2.44. The molecule has 0 radical (unpaired) electrons. The Hall–Kier alpha value is -1.02. The van der Waals surface area contributed by atoms with Crippen LogP contribution in [-0.2, 0) is 6.42 Å². The lowest BCUT2D eigenvalue weighted by Gasteiger charge is -2.36. The van der Waals surface area contributed by atoms with Crippen molar-refractivity contribution in [3.63, 3.8) is 0 Å². The molecule has 0 heterocycles. The van der Waals surface area contributed by atoms with Crippen LogP contribution < -0.4 is 5.73 Å². The number of rotatable bonds is 5. The minimum absolute atomic E-state index is 0.554. The molecule has 0 spiro atoms. The van der Waals surface area contributed by atoms with E-state index in [4.69, 9.17) is 5.73 Å². The second-order valence-electron chi connectivity index (χ2n) is 5.43. The van der Waals surface area contributed by atoms with Gasteiger partial charge in [0.1, 0.15) is 0 Å². The number of benzene rings is 1. The molecule has 0 aliphatic heterocycles. The van der Waals surface area contributed by atoms with Crippen molar-refractivity contribution in [1.82, 2.24) is 4.90 Å². The van der Waals surface area contributed by atoms with Gasteiger partial charge in [0.2, 0.25) is 0 Å². The fourth-order valence-corrected chi connectivity index (χ4v) is 2.71. The van der Waals surface area contributed by atoms with Gasteiger partial charge in [0.15, 0.2) is 0 Å². The average Bonchev–Trinajstić information content (AvgIpc) is 2.20. The molecule has 0 bridgehead atoms. The van der Waals surface area contributed by atoms with Crippen LogP contribution in [0.15, 0.2) is 24.3 Å². The molecule has 0 saturated heterocycles. The summed E-state index contributed by atoms with van der Waals surface area (Å²) in [4.78, 5) is 2.55. The zero-order valence-electron chi connectivity index (χ0n) is 11.8. The van der Waals surface area contributed by atoms with Crippen LogP contribution in [0.5, 0.6) is 0 Å². The van der Waals surface area contributed by atoms with Gasteiger partial charge in [-0.3, -0.25) is 4.90 Å². The highest BCUT2D eigenvalue weighted by Crippen LogP contribution is 2.16. The van der Waals surface area contributed by atoms with Crippen LogP contribution in [0.25, 0.3) is 0 Å². The number of nitrogens with zero attached hydrogens (tertiary/aromatic N) is 1. The summed E-state index contributed by atoms with van der Waals surface area (Å²) in [6, 6.07) is 9.94. The Labute approximate surface area is 106 Å². The molecule has 96 valence electrons. The first-order valence-corrected chi connectivity index (χ1v) is 6.53.